The van der Waals surface area contributed by atoms with Crippen LogP contribution >= 0.6 is 0 Å². The zero-order valence-corrected chi connectivity index (χ0v) is 13.0. The summed E-state index contributed by atoms with van der Waals surface area (Å²) in [6.45, 7) is 7.68. The van der Waals surface area contributed by atoms with E-state index in [1.165, 1.54) is 6.07 Å². The van der Waals surface area contributed by atoms with Gasteiger partial charge in [-0.2, -0.15) is 0 Å². The number of nitro benzene ring substituents is 1. The Morgan fingerprint density at radius 3 is 2.38 bits per heavy atom. The van der Waals surface area contributed by atoms with Crippen molar-refractivity contribution in [2.45, 2.75) is 33.6 Å². The Morgan fingerprint density at radius 2 is 1.86 bits per heavy atom. The number of benzene rings is 1. The molecule has 0 spiro atoms. The van der Waals surface area contributed by atoms with E-state index in [-0.39, 0.29) is 22.6 Å². The minimum absolute atomic E-state index is 0.0681. The number of aliphatic hydroxyl groups is 1. The van der Waals surface area contributed by atoms with Gasteiger partial charge in [-0.15, -0.1) is 0 Å². The zero-order valence-electron chi connectivity index (χ0n) is 13.0. The van der Waals surface area contributed by atoms with Crippen LogP contribution in [0.2, 0.25) is 0 Å². The van der Waals surface area contributed by atoms with Crippen molar-refractivity contribution in [3.8, 4) is 0 Å². The molecule has 0 radical (unpaired) electrons. The highest BCUT2D eigenvalue weighted by Crippen LogP contribution is 2.26. The predicted octanol–water partition coefficient (Wildman–Crippen LogP) is 3.24. The van der Waals surface area contributed by atoms with Crippen LogP contribution in [0.15, 0.2) is 18.2 Å². The van der Waals surface area contributed by atoms with Crippen molar-refractivity contribution in [2.75, 3.05) is 30.3 Å². The van der Waals surface area contributed by atoms with Gasteiger partial charge in [0.25, 0.3) is 5.69 Å². The lowest BCUT2D eigenvalue weighted by atomic mass is 9.89. The Kier molecular flexibility index (Phi) is 6.42. The third-order valence-corrected chi connectivity index (χ3v) is 3.27. The highest BCUT2D eigenvalue weighted by molar-refractivity contribution is 5.63. The largest absolute Gasteiger partial charge is 0.396 e. The standard InChI is InChI=1S/C15H25N3O3/c1-4-6-16-12-8-13(10-14(9-12)18(20)21)17-11-15(2,3)5-7-19/h8-10,16-17,19H,4-7,11H2,1-3H3. The maximum Gasteiger partial charge on any atom is 0.273 e. The van der Waals surface area contributed by atoms with Gasteiger partial charge in [-0.3, -0.25) is 10.1 Å². The minimum Gasteiger partial charge on any atom is -0.396 e. The van der Waals surface area contributed by atoms with E-state index in [0.717, 1.165) is 18.7 Å². The predicted molar refractivity (Wildman–Crippen MR) is 85.9 cm³/mol. The molecule has 118 valence electrons. The van der Waals surface area contributed by atoms with Crippen LogP contribution in [0.3, 0.4) is 0 Å². The molecule has 0 aliphatic heterocycles. The van der Waals surface area contributed by atoms with Crippen molar-refractivity contribution in [1.82, 2.24) is 0 Å². The van der Waals surface area contributed by atoms with Gasteiger partial charge in [0.15, 0.2) is 0 Å². The van der Waals surface area contributed by atoms with Crippen molar-refractivity contribution < 1.29 is 10.0 Å². The average Bonchev–Trinajstić information content (AvgIpc) is 2.43. The molecule has 0 aliphatic carbocycles. The van der Waals surface area contributed by atoms with E-state index in [1.807, 2.05) is 26.8 Å². The molecule has 21 heavy (non-hydrogen) atoms. The molecule has 0 aliphatic rings. The van der Waals surface area contributed by atoms with Gasteiger partial charge in [-0.25, -0.2) is 0 Å². The lowest BCUT2D eigenvalue weighted by Gasteiger charge is -2.24. The molecule has 0 saturated heterocycles. The molecule has 1 aromatic rings. The summed E-state index contributed by atoms with van der Waals surface area (Å²) < 4.78 is 0. The quantitative estimate of drug-likeness (QED) is 0.481. The van der Waals surface area contributed by atoms with Crippen LogP contribution in [0.5, 0.6) is 0 Å². The second-order valence-corrected chi connectivity index (χ2v) is 5.94. The number of aliphatic hydroxyl groups excluding tert-OH is 1. The first kappa shape index (κ1) is 17.2. The van der Waals surface area contributed by atoms with Crippen LogP contribution in [0.25, 0.3) is 0 Å². The van der Waals surface area contributed by atoms with E-state index in [0.29, 0.717) is 18.7 Å². The van der Waals surface area contributed by atoms with Crippen LogP contribution in [-0.2, 0) is 0 Å². The normalized spacial score (nSPS) is 11.2. The van der Waals surface area contributed by atoms with E-state index in [4.69, 9.17) is 5.11 Å². The fourth-order valence-electron chi connectivity index (χ4n) is 1.92. The molecule has 0 saturated carbocycles. The smallest absolute Gasteiger partial charge is 0.273 e. The molecule has 0 atom stereocenters. The van der Waals surface area contributed by atoms with Crippen molar-refractivity contribution in [3.63, 3.8) is 0 Å². The van der Waals surface area contributed by atoms with Gasteiger partial charge in [0.1, 0.15) is 0 Å². The maximum atomic E-state index is 11.0. The van der Waals surface area contributed by atoms with E-state index >= 15 is 0 Å². The SMILES string of the molecule is CCCNc1cc(NCC(C)(C)CCO)cc([N+](=O)[O-])c1. The van der Waals surface area contributed by atoms with Gasteiger partial charge in [-0.05, 0) is 24.3 Å². The molecular formula is C15H25N3O3. The van der Waals surface area contributed by atoms with Gasteiger partial charge >= 0.3 is 0 Å². The van der Waals surface area contributed by atoms with Crippen LogP contribution in [0.4, 0.5) is 17.1 Å². The highest BCUT2D eigenvalue weighted by Gasteiger charge is 2.17. The number of nitro groups is 1. The summed E-state index contributed by atoms with van der Waals surface area (Å²) in [5.41, 5.74) is 1.46. The Morgan fingerprint density at radius 1 is 1.24 bits per heavy atom. The van der Waals surface area contributed by atoms with E-state index in [1.54, 1.807) is 6.07 Å². The van der Waals surface area contributed by atoms with E-state index < -0.39 is 0 Å². The van der Waals surface area contributed by atoms with Gasteiger partial charge in [-0.1, -0.05) is 20.8 Å². The molecule has 1 aromatic carbocycles. The first-order chi connectivity index (χ1) is 9.88. The second kappa shape index (κ2) is 7.83. The van der Waals surface area contributed by atoms with Crippen molar-refractivity contribution in [1.29, 1.82) is 0 Å². The number of nitrogens with zero attached hydrogens (tertiary/aromatic N) is 1. The fraction of sp³-hybridized carbons (Fsp3) is 0.600. The summed E-state index contributed by atoms with van der Waals surface area (Å²) in [5, 5.41) is 26.4. The fourth-order valence-corrected chi connectivity index (χ4v) is 1.92. The summed E-state index contributed by atoms with van der Waals surface area (Å²) in [6.07, 6.45) is 1.63. The summed E-state index contributed by atoms with van der Waals surface area (Å²) >= 11 is 0. The van der Waals surface area contributed by atoms with Crippen molar-refractivity contribution in [3.05, 3.63) is 28.3 Å². The molecule has 0 heterocycles. The first-order valence-corrected chi connectivity index (χ1v) is 7.26. The minimum atomic E-state index is -0.388. The van der Waals surface area contributed by atoms with Crippen LogP contribution in [0.1, 0.15) is 33.6 Å². The monoisotopic (exact) mass is 295 g/mol. The van der Waals surface area contributed by atoms with E-state index in [2.05, 4.69) is 10.6 Å². The summed E-state index contributed by atoms with van der Waals surface area (Å²) in [6, 6.07) is 4.95. The molecule has 0 fully saturated rings. The molecule has 0 amide bonds. The van der Waals surface area contributed by atoms with Crippen LogP contribution in [-0.4, -0.2) is 29.7 Å². The topological polar surface area (TPSA) is 87.4 Å². The van der Waals surface area contributed by atoms with Crippen LogP contribution < -0.4 is 10.6 Å². The summed E-state index contributed by atoms with van der Waals surface area (Å²) in [5.74, 6) is 0. The number of anilines is 2. The van der Waals surface area contributed by atoms with Gasteiger partial charge < -0.3 is 15.7 Å². The molecule has 1 rings (SSSR count). The molecule has 6 nitrogen and oxygen atoms in total. The highest BCUT2D eigenvalue weighted by atomic mass is 16.6. The maximum absolute atomic E-state index is 11.0. The first-order valence-electron chi connectivity index (χ1n) is 7.26. The lowest BCUT2D eigenvalue weighted by molar-refractivity contribution is -0.384. The van der Waals surface area contributed by atoms with Gasteiger partial charge in [0, 0.05) is 43.2 Å². The third kappa shape index (κ3) is 5.99. The average molecular weight is 295 g/mol. The molecule has 6 heteroatoms. The number of hydrogen-bond donors (Lipinski definition) is 3. The summed E-state index contributed by atoms with van der Waals surface area (Å²) in [4.78, 5) is 10.6. The number of rotatable bonds is 9. The number of non-ortho nitro benzene ring substituents is 1. The Bertz CT molecular complexity index is 475. The Balaban J connectivity index is 2.84. The zero-order chi connectivity index (χ0) is 15.9. The molecule has 3 N–H and O–H groups in total. The Hall–Kier alpha value is -1.82. The lowest BCUT2D eigenvalue weighted by Crippen LogP contribution is -2.24. The van der Waals surface area contributed by atoms with E-state index in [9.17, 15) is 10.1 Å². The number of nitrogens with one attached hydrogen (secondary N) is 2. The summed E-state index contributed by atoms with van der Waals surface area (Å²) in [7, 11) is 0. The molecule has 0 bridgehead atoms. The molecule has 0 aromatic heterocycles. The second-order valence-electron chi connectivity index (χ2n) is 5.94. The molecular weight excluding hydrogens is 270 g/mol. The third-order valence-electron chi connectivity index (χ3n) is 3.27. The Labute approximate surface area is 125 Å². The van der Waals surface area contributed by atoms with Crippen LogP contribution in [0, 0.1) is 15.5 Å². The van der Waals surface area contributed by atoms with Gasteiger partial charge in [0.2, 0.25) is 0 Å². The molecule has 0 unspecified atom stereocenters. The van der Waals surface area contributed by atoms with Crippen molar-refractivity contribution >= 4 is 17.1 Å². The van der Waals surface area contributed by atoms with Gasteiger partial charge in [0.05, 0.1) is 4.92 Å². The van der Waals surface area contributed by atoms with Crippen molar-refractivity contribution in [2.24, 2.45) is 5.41 Å². The number of hydrogen-bond acceptors (Lipinski definition) is 5.